The minimum Gasteiger partial charge on any atom is -0.455 e. The van der Waals surface area contributed by atoms with E-state index in [9.17, 15) is 4.79 Å². The fourth-order valence-electron chi connectivity index (χ4n) is 2.57. The molecular weight excluding hydrogens is 242 g/mol. The summed E-state index contributed by atoms with van der Waals surface area (Å²) >= 11 is 0. The fraction of sp³-hybridized carbons (Fsp3) is 0.643. The molecule has 0 aromatic carbocycles. The van der Waals surface area contributed by atoms with Crippen molar-refractivity contribution in [1.82, 2.24) is 9.80 Å². The second-order valence-electron chi connectivity index (χ2n) is 5.05. The molecular formula is C14H23N3O2. The van der Waals surface area contributed by atoms with Crippen molar-refractivity contribution in [1.29, 1.82) is 0 Å². The summed E-state index contributed by atoms with van der Waals surface area (Å²) in [5.41, 5.74) is 5.49. The summed E-state index contributed by atoms with van der Waals surface area (Å²) in [5, 5.41) is 0. The predicted octanol–water partition coefficient (Wildman–Crippen LogP) is 1.29. The zero-order valence-corrected chi connectivity index (χ0v) is 11.8. The summed E-state index contributed by atoms with van der Waals surface area (Å²) in [6.07, 6.45) is 2.06. The van der Waals surface area contributed by atoms with Crippen molar-refractivity contribution in [2.45, 2.75) is 32.4 Å². The Hall–Kier alpha value is -1.33. The van der Waals surface area contributed by atoms with E-state index in [2.05, 4.69) is 11.8 Å². The highest BCUT2D eigenvalue weighted by molar-refractivity contribution is 5.91. The van der Waals surface area contributed by atoms with E-state index in [0.717, 1.165) is 32.5 Å². The van der Waals surface area contributed by atoms with Crippen LogP contribution in [0.15, 0.2) is 16.5 Å². The molecule has 1 aliphatic rings. The average molecular weight is 265 g/mol. The molecule has 1 amide bonds. The Morgan fingerprint density at radius 2 is 2.16 bits per heavy atom. The Morgan fingerprint density at radius 3 is 2.68 bits per heavy atom. The Labute approximate surface area is 114 Å². The zero-order chi connectivity index (χ0) is 13.8. The van der Waals surface area contributed by atoms with Gasteiger partial charge in [0.2, 0.25) is 0 Å². The van der Waals surface area contributed by atoms with Gasteiger partial charge in [0.05, 0.1) is 6.54 Å². The number of amides is 1. The Balaban J connectivity index is 1.95. The highest BCUT2D eigenvalue weighted by atomic mass is 16.4. The molecule has 0 spiro atoms. The molecule has 0 bridgehead atoms. The monoisotopic (exact) mass is 265 g/mol. The molecule has 1 saturated heterocycles. The normalized spacial score (nSPS) is 17.6. The van der Waals surface area contributed by atoms with Gasteiger partial charge in [0.1, 0.15) is 5.76 Å². The largest absolute Gasteiger partial charge is 0.455 e. The van der Waals surface area contributed by atoms with Crippen LogP contribution in [0.25, 0.3) is 0 Å². The number of hydrogen-bond acceptors (Lipinski definition) is 4. The van der Waals surface area contributed by atoms with E-state index in [1.165, 1.54) is 0 Å². The second-order valence-corrected chi connectivity index (χ2v) is 5.05. The van der Waals surface area contributed by atoms with Gasteiger partial charge in [-0.2, -0.15) is 0 Å². The highest BCUT2D eigenvalue weighted by Gasteiger charge is 2.26. The first-order valence-electron chi connectivity index (χ1n) is 6.94. The lowest BCUT2D eigenvalue weighted by Gasteiger charge is -2.35. The van der Waals surface area contributed by atoms with Crippen LogP contribution < -0.4 is 5.73 Å². The van der Waals surface area contributed by atoms with E-state index in [-0.39, 0.29) is 5.91 Å². The molecule has 0 saturated carbocycles. The molecule has 1 fully saturated rings. The molecule has 1 aromatic heterocycles. The van der Waals surface area contributed by atoms with Crippen molar-refractivity contribution in [3.63, 3.8) is 0 Å². The van der Waals surface area contributed by atoms with Gasteiger partial charge in [-0.1, -0.05) is 6.92 Å². The smallest absolute Gasteiger partial charge is 0.289 e. The molecule has 0 atom stereocenters. The number of hydrogen-bond donors (Lipinski definition) is 1. The van der Waals surface area contributed by atoms with Crippen LogP contribution in [-0.4, -0.2) is 48.4 Å². The van der Waals surface area contributed by atoms with Crippen LogP contribution >= 0.6 is 0 Å². The Kier molecular flexibility index (Phi) is 4.61. The molecule has 5 heteroatoms. The van der Waals surface area contributed by atoms with E-state index in [1.54, 1.807) is 12.1 Å². The van der Waals surface area contributed by atoms with Crippen LogP contribution in [0.2, 0.25) is 0 Å². The SMILES string of the molecule is CCN1CCC(N(C)C(=O)c2ccc(CN)o2)CC1. The third kappa shape index (κ3) is 3.16. The molecule has 0 unspecified atom stereocenters. The molecule has 106 valence electrons. The maximum Gasteiger partial charge on any atom is 0.289 e. The standard InChI is InChI=1S/C14H23N3O2/c1-3-17-8-6-11(7-9-17)16(2)14(18)13-5-4-12(10-15)19-13/h4-5,11H,3,6-10,15H2,1-2H3. The predicted molar refractivity (Wildman–Crippen MR) is 73.8 cm³/mol. The van der Waals surface area contributed by atoms with Crippen molar-refractivity contribution in [3.05, 3.63) is 23.7 Å². The first-order chi connectivity index (χ1) is 9.15. The number of rotatable bonds is 4. The van der Waals surface area contributed by atoms with E-state index in [0.29, 0.717) is 24.1 Å². The van der Waals surface area contributed by atoms with Crippen LogP contribution in [0.4, 0.5) is 0 Å². The molecule has 1 aromatic rings. The van der Waals surface area contributed by atoms with Gasteiger partial charge in [0.15, 0.2) is 5.76 Å². The molecule has 2 heterocycles. The molecule has 2 N–H and O–H groups in total. The van der Waals surface area contributed by atoms with E-state index >= 15 is 0 Å². The number of carbonyl (C=O) groups excluding carboxylic acids is 1. The van der Waals surface area contributed by atoms with Crippen molar-refractivity contribution in [3.8, 4) is 0 Å². The third-order valence-corrected chi connectivity index (χ3v) is 3.95. The Bertz CT molecular complexity index is 422. The van der Waals surface area contributed by atoms with Gasteiger partial charge >= 0.3 is 0 Å². The van der Waals surface area contributed by atoms with Crippen molar-refractivity contribution >= 4 is 5.91 Å². The van der Waals surface area contributed by atoms with Crippen LogP contribution in [0, 0.1) is 0 Å². The van der Waals surface area contributed by atoms with Gasteiger partial charge in [-0.25, -0.2) is 0 Å². The van der Waals surface area contributed by atoms with Gasteiger partial charge in [-0.05, 0) is 31.5 Å². The lowest BCUT2D eigenvalue weighted by molar-refractivity contribution is 0.0614. The second kappa shape index (κ2) is 6.21. The van der Waals surface area contributed by atoms with Crippen molar-refractivity contribution < 1.29 is 9.21 Å². The fourth-order valence-corrected chi connectivity index (χ4v) is 2.57. The number of piperidine rings is 1. The van der Waals surface area contributed by atoms with Gasteiger partial charge < -0.3 is 20.0 Å². The van der Waals surface area contributed by atoms with Crippen LogP contribution in [0.3, 0.4) is 0 Å². The van der Waals surface area contributed by atoms with E-state index in [4.69, 9.17) is 10.2 Å². The number of carbonyl (C=O) groups is 1. The van der Waals surface area contributed by atoms with Gasteiger partial charge in [0, 0.05) is 26.2 Å². The maximum absolute atomic E-state index is 12.3. The number of nitrogens with zero attached hydrogens (tertiary/aromatic N) is 2. The molecule has 1 aliphatic heterocycles. The van der Waals surface area contributed by atoms with Crippen molar-refractivity contribution in [2.75, 3.05) is 26.7 Å². The minimum absolute atomic E-state index is 0.0466. The molecule has 5 nitrogen and oxygen atoms in total. The maximum atomic E-state index is 12.3. The molecule has 0 aliphatic carbocycles. The molecule has 0 radical (unpaired) electrons. The first-order valence-corrected chi connectivity index (χ1v) is 6.94. The summed E-state index contributed by atoms with van der Waals surface area (Å²) in [7, 11) is 1.86. The quantitative estimate of drug-likeness (QED) is 0.891. The van der Waals surface area contributed by atoms with Gasteiger partial charge in [-0.15, -0.1) is 0 Å². The first kappa shape index (κ1) is 14.1. The van der Waals surface area contributed by atoms with Crippen LogP contribution in [0.1, 0.15) is 36.1 Å². The molecule has 2 rings (SSSR count). The summed E-state index contributed by atoms with van der Waals surface area (Å²) < 4.78 is 5.42. The van der Waals surface area contributed by atoms with Crippen LogP contribution in [0.5, 0.6) is 0 Å². The van der Waals surface area contributed by atoms with Gasteiger partial charge in [-0.3, -0.25) is 4.79 Å². The van der Waals surface area contributed by atoms with Crippen LogP contribution in [-0.2, 0) is 6.54 Å². The third-order valence-electron chi connectivity index (χ3n) is 3.95. The lowest BCUT2D eigenvalue weighted by atomic mass is 10.0. The lowest BCUT2D eigenvalue weighted by Crippen LogP contribution is -2.45. The topological polar surface area (TPSA) is 62.7 Å². The summed E-state index contributed by atoms with van der Waals surface area (Å²) in [6, 6.07) is 3.78. The highest BCUT2D eigenvalue weighted by Crippen LogP contribution is 2.18. The van der Waals surface area contributed by atoms with Gasteiger partial charge in [0.25, 0.3) is 5.91 Å². The Morgan fingerprint density at radius 1 is 1.47 bits per heavy atom. The minimum atomic E-state index is -0.0466. The summed E-state index contributed by atoms with van der Waals surface area (Å²) in [6.45, 7) is 5.71. The number of furan rings is 1. The van der Waals surface area contributed by atoms with E-state index in [1.807, 2.05) is 11.9 Å². The number of likely N-dealkylation sites (tertiary alicyclic amines) is 1. The zero-order valence-electron chi connectivity index (χ0n) is 11.8. The van der Waals surface area contributed by atoms with E-state index < -0.39 is 0 Å². The summed E-state index contributed by atoms with van der Waals surface area (Å²) in [5.74, 6) is 0.994. The summed E-state index contributed by atoms with van der Waals surface area (Å²) in [4.78, 5) is 16.5. The number of nitrogens with two attached hydrogens (primary N) is 1. The average Bonchev–Trinajstić information content (AvgIpc) is 2.94. The molecule has 19 heavy (non-hydrogen) atoms. The van der Waals surface area contributed by atoms with Crippen molar-refractivity contribution in [2.24, 2.45) is 5.73 Å².